The fraction of sp³-hybridized carbons (Fsp3) is 0.458. The Balaban J connectivity index is 1.29. The highest BCUT2D eigenvalue weighted by Crippen LogP contribution is 2.32. The molecule has 1 saturated heterocycles. The number of hydrogen-bond acceptors (Lipinski definition) is 5. The summed E-state index contributed by atoms with van der Waals surface area (Å²) in [5.74, 6) is 1.47. The molecule has 2 aliphatic rings. The normalized spacial score (nSPS) is 15.7. The minimum Gasteiger partial charge on any atom is -0.454 e. The Bertz CT molecular complexity index is 879. The van der Waals surface area contributed by atoms with Gasteiger partial charge in [0.25, 0.3) is 0 Å². The van der Waals surface area contributed by atoms with E-state index in [1.165, 1.54) is 5.69 Å². The van der Waals surface area contributed by atoms with E-state index in [0.29, 0.717) is 25.7 Å². The van der Waals surface area contributed by atoms with E-state index in [0.717, 1.165) is 48.6 Å². The molecular weight excluding hydrogens is 394 g/mol. The summed E-state index contributed by atoms with van der Waals surface area (Å²) in [4.78, 5) is 16.9. The first kappa shape index (κ1) is 21.3. The third kappa shape index (κ3) is 5.22. The molecule has 0 radical (unpaired) electrons. The number of carbonyl (C=O) groups excluding carboxylic acids is 1. The van der Waals surface area contributed by atoms with Crippen LogP contribution in [0.25, 0.3) is 0 Å². The van der Waals surface area contributed by atoms with Crippen LogP contribution in [0.3, 0.4) is 0 Å². The highest BCUT2D eigenvalue weighted by atomic mass is 16.7. The average molecular weight is 426 g/mol. The number of amides is 2. The number of hydrogen-bond donors (Lipinski definition) is 1. The van der Waals surface area contributed by atoms with Crippen molar-refractivity contribution in [1.29, 1.82) is 0 Å². The predicted octanol–water partition coefficient (Wildman–Crippen LogP) is 3.76. The fourth-order valence-corrected chi connectivity index (χ4v) is 4.05. The fourth-order valence-electron chi connectivity index (χ4n) is 4.05. The molecule has 0 unspecified atom stereocenters. The monoisotopic (exact) mass is 425 g/mol. The van der Waals surface area contributed by atoms with Crippen molar-refractivity contribution in [3.8, 4) is 11.5 Å². The number of carbonyl (C=O) groups is 1. The van der Waals surface area contributed by atoms with E-state index >= 15 is 0 Å². The van der Waals surface area contributed by atoms with Gasteiger partial charge in [-0.25, -0.2) is 4.79 Å². The van der Waals surface area contributed by atoms with Gasteiger partial charge in [0.05, 0.1) is 6.10 Å². The van der Waals surface area contributed by atoms with Crippen LogP contribution in [0, 0.1) is 0 Å². The number of urea groups is 1. The Labute approximate surface area is 183 Å². The first-order valence-corrected chi connectivity index (χ1v) is 10.9. The third-order valence-corrected chi connectivity index (χ3v) is 6.00. The Kier molecular flexibility index (Phi) is 6.82. The highest BCUT2D eigenvalue weighted by molar-refractivity contribution is 5.74. The zero-order chi connectivity index (χ0) is 21.6. The highest BCUT2D eigenvalue weighted by Gasteiger charge is 2.19. The molecule has 2 aromatic carbocycles. The maximum absolute atomic E-state index is 12.7. The molecule has 0 spiro atoms. The maximum atomic E-state index is 12.7. The number of nitrogens with zero attached hydrogens (tertiary/aromatic N) is 2. The van der Waals surface area contributed by atoms with Gasteiger partial charge < -0.3 is 29.3 Å². The van der Waals surface area contributed by atoms with Crippen LogP contribution in [0.5, 0.6) is 11.5 Å². The number of methoxy groups -OCH3 is 1. The molecule has 2 heterocycles. The number of fused-ring (bicyclic) bond motifs is 1. The molecule has 2 amide bonds. The van der Waals surface area contributed by atoms with Crippen LogP contribution in [-0.4, -0.2) is 50.6 Å². The Morgan fingerprint density at radius 2 is 1.81 bits per heavy atom. The van der Waals surface area contributed by atoms with Crippen LogP contribution in [0.4, 0.5) is 10.5 Å². The summed E-state index contributed by atoms with van der Waals surface area (Å²) < 4.78 is 16.2. The lowest BCUT2D eigenvalue weighted by Gasteiger charge is -2.33. The van der Waals surface area contributed by atoms with E-state index in [2.05, 4.69) is 34.5 Å². The van der Waals surface area contributed by atoms with Crippen molar-refractivity contribution in [2.45, 2.75) is 39.0 Å². The smallest absolute Gasteiger partial charge is 0.317 e. The van der Waals surface area contributed by atoms with Crippen LogP contribution >= 0.6 is 0 Å². The standard InChI is InChI=1S/C24H31N3O4/c1-3-26(24(28)25-15-19-6-9-22-23(14-19)31-17-30-22)16-18-4-7-20(8-5-18)27-12-10-21(29-2)11-13-27/h4-9,14,21H,3,10-13,15-17H2,1-2H3,(H,25,28). The molecular formula is C24H31N3O4. The predicted molar refractivity (Wildman–Crippen MR) is 120 cm³/mol. The van der Waals surface area contributed by atoms with E-state index in [9.17, 15) is 4.79 Å². The Morgan fingerprint density at radius 1 is 1.10 bits per heavy atom. The molecule has 0 atom stereocenters. The van der Waals surface area contributed by atoms with E-state index in [1.54, 1.807) is 7.11 Å². The van der Waals surface area contributed by atoms with Crippen LogP contribution in [0.1, 0.15) is 30.9 Å². The van der Waals surface area contributed by atoms with Gasteiger partial charge in [-0.2, -0.15) is 0 Å². The van der Waals surface area contributed by atoms with Crippen molar-refractivity contribution >= 4 is 11.7 Å². The van der Waals surface area contributed by atoms with Gasteiger partial charge in [-0.3, -0.25) is 0 Å². The molecule has 0 aliphatic carbocycles. The van der Waals surface area contributed by atoms with Crippen molar-refractivity contribution in [2.24, 2.45) is 0 Å². The largest absolute Gasteiger partial charge is 0.454 e. The maximum Gasteiger partial charge on any atom is 0.317 e. The average Bonchev–Trinajstić information content (AvgIpc) is 3.29. The summed E-state index contributed by atoms with van der Waals surface area (Å²) in [6, 6.07) is 14.2. The number of rotatable bonds is 7. The second-order valence-electron chi connectivity index (χ2n) is 7.95. The van der Waals surface area contributed by atoms with Crippen molar-refractivity contribution in [3.63, 3.8) is 0 Å². The van der Waals surface area contributed by atoms with E-state index < -0.39 is 0 Å². The Morgan fingerprint density at radius 3 is 2.52 bits per heavy atom. The number of ether oxygens (including phenoxy) is 3. The summed E-state index contributed by atoms with van der Waals surface area (Å²) in [5, 5.41) is 3.00. The zero-order valence-corrected chi connectivity index (χ0v) is 18.3. The zero-order valence-electron chi connectivity index (χ0n) is 18.3. The number of anilines is 1. The van der Waals surface area contributed by atoms with Gasteiger partial charge in [-0.1, -0.05) is 18.2 Å². The lowest BCUT2D eigenvalue weighted by molar-refractivity contribution is 0.0819. The van der Waals surface area contributed by atoms with Gasteiger partial charge in [0.2, 0.25) is 6.79 Å². The third-order valence-electron chi connectivity index (χ3n) is 6.00. The van der Waals surface area contributed by atoms with Crippen molar-refractivity contribution < 1.29 is 19.0 Å². The van der Waals surface area contributed by atoms with Crippen molar-refractivity contribution in [2.75, 3.05) is 38.4 Å². The van der Waals surface area contributed by atoms with Crippen molar-refractivity contribution in [1.82, 2.24) is 10.2 Å². The molecule has 2 aromatic rings. The van der Waals surface area contributed by atoms with E-state index in [4.69, 9.17) is 14.2 Å². The molecule has 7 heteroatoms. The topological polar surface area (TPSA) is 63.3 Å². The van der Waals surface area contributed by atoms with E-state index in [-0.39, 0.29) is 12.8 Å². The van der Waals surface area contributed by atoms with Gasteiger partial charge in [-0.15, -0.1) is 0 Å². The lowest BCUT2D eigenvalue weighted by Crippen LogP contribution is -2.39. The first-order chi connectivity index (χ1) is 15.2. The molecule has 0 saturated carbocycles. The molecule has 31 heavy (non-hydrogen) atoms. The molecule has 2 aliphatic heterocycles. The minimum atomic E-state index is -0.0779. The molecule has 1 N–H and O–H groups in total. The van der Waals surface area contributed by atoms with Gasteiger partial charge in [0, 0.05) is 45.5 Å². The summed E-state index contributed by atoms with van der Waals surface area (Å²) in [5.41, 5.74) is 3.33. The summed E-state index contributed by atoms with van der Waals surface area (Å²) in [6.07, 6.45) is 2.50. The van der Waals surface area contributed by atoms with Gasteiger partial charge >= 0.3 is 6.03 Å². The molecule has 166 valence electrons. The second-order valence-corrected chi connectivity index (χ2v) is 7.95. The molecule has 7 nitrogen and oxygen atoms in total. The number of piperidine rings is 1. The minimum absolute atomic E-state index is 0.0779. The SMILES string of the molecule is CCN(Cc1ccc(N2CCC(OC)CC2)cc1)C(=O)NCc1ccc2c(c1)OCO2. The molecule has 4 rings (SSSR count). The van der Waals surface area contributed by atoms with Gasteiger partial charge in [-0.05, 0) is 55.2 Å². The number of benzene rings is 2. The van der Waals surface area contributed by atoms with Crippen LogP contribution in [0.2, 0.25) is 0 Å². The lowest BCUT2D eigenvalue weighted by atomic mass is 10.1. The molecule has 1 fully saturated rings. The second kappa shape index (κ2) is 9.92. The Hall–Kier alpha value is -2.93. The van der Waals surface area contributed by atoms with Gasteiger partial charge in [0.1, 0.15) is 0 Å². The summed E-state index contributed by atoms with van der Waals surface area (Å²) >= 11 is 0. The molecule has 0 aromatic heterocycles. The van der Waals surface area contributed by atoms with E-state index in [1.807, 2.05) is 30.0 Å². The van der Waals surface area contributed by atoms with Crippen LogP contribution in [0.15, 0.2) is 42.5 Å². The quantitative estimate of drug-likeness (QED) is 0.732. The first-order valence-electron chi connectivity index (χ1n) is 10.9. The van der Waals surface area contributed by atoms with Gasteiger partial charge in [0.15, 0.2) is 11.5 Å². The summed E-state index contributed by atoms with van der Waals surface area (Å²) in [7, 11) is 1.79. The molecule has 0 bridgehead atoms. The van der Waals surface area contributed by atoms with Crippen LogP contribution < -0.4 is 19.7 Å². The van der Waals surface area contributed by atoms with Crippen molar-refractivity contribution in [3.05, 3.63) is 53.6 Å². The van der Waals surface area contributed by atoms with Crippen LogP contribution in [-0.2, 0) is 17.8 Å². The number of nitrogens with one attached hydrogen (secondary N) is 1. The summed E-state index contributed by atoms with van der Waals surface area (Å²) in [6.45, 7) is 5.94.